The minimum atomic E-state index is -1.26. The molecule has 1 unspecified atom stereocenters. The van der Waals surface area contributed by atoms with Gasteiger partial charge in [0.25, 0.3) is 0 Å². The summed E-state index contributed by atoms with van der Waals surface area (Å²) in [7, 11) is 1.45. The molecule has 0 radical (unpaired) electrons. The van der Waals surface area contributed by atoms with Crippen molar-refractivity contribution in [2.24, 2.45) is 17.6 Å². The largest absolute Gasteiger partial charge is 0.492 e. The predicted molar refractivity (Wildman–Crippen MR) is 115 cm³/mol. The Morgan fingerprint density at radius 3 is 2.61 bits per heavy atom. The zero-order chi connectivity index (χ0) is 22.1. The van der Waals surface area contributed by atoms with E-state index >= 15 is 4.39 Å². The van der Waals surface area contributed by atoms with Crippen LogP contribution in [0.3, 0.4) is 0 Å². The van der Waals surface area contributed by atoms with Crippen LogP contribution in [0.25, 0.3) is 0 Å². The highest BCUT2D eigenvalue weighted by Gasteiger charge is 2.41. The molecule has 1 saturated heterocycles. The van der Waals surface area contributed by atoms with Crippen molar-refractivity contribution in [2.45, 2.75) is 13.0 Å². The lowest BCUT2D eigenvalue weighted by molar-refractivity contribution is -0.139. The van der Waals surface area contributed by atoms with Gasteiger partial charge in [0.05, 0.1) is 12.8 Å². The number of aliphatic carboxylic acids is 1. The van der Waals surface area contributed by atoms with Crippen molar-refractivity contribution >= 4 is 23.1 Å². The number of rotatable bonds is 6. The first-order valence-electron chi connectivity index (χ1n) is 10.4. The van der Waals surface area contributed by atoms with Crippen LogP contribution in [0.5, 0.6) is 5.75 Å². The molecular formula is C23H26FN3O4. The van der Waals surface area contributed by atoms with Gasteiger partial charge in [-0.2, -0.15) is 0 Å². The number of ketones is 1. The molecular weight excluding hydrogens is 401 g/mol. The maximum absolute atomic E-state index is 15.3. The normalized spacial score (nSPS) is 20.7. The number of carboxylic acids is 1. The standard InChI is InChI=1S/C23H26FN3O4/c1-31-22-19-16(9-18(24)20(22)26-8-7-15(10-25)12-26)21(28)17(23(29)30)13-27(19)11-14-5-3-2-4-6-14/h2-6,9,15,17H,7-8,10-13,25H2,1H3,(H,29,30)/t15-,17?/m0/s1. The first-order valence-corrected chi connectivity index (χ1v) is 10.4. The number of nitrogens with two attached hydrogens (primary N) is 1. The molecule has 3 N–H and O–H groups in total. The fraction of sp³-hybridized carbons (Fsp3) is 0.391. The molecule has 8 heteroatoms. The minimum absolute atomic E-state index is 0.0110. The topological polar surface area (TPSA) is 96.1 Å². The van der Waals surface area contributed by atoms with E-state index in [2.05, 4.69) is 0 Å². The van der Waals surface area contributed by atoms with Crippen molar-refractivity contribution in [2.75, 3.05) is 43.1 Å². The van der Waals surface area contributed by atoms with E-state index in [1.165, 1.54) is 13.2 Å². The molecule has 0 aromatic heterocycles. The third kappa shape index (κ3) is 3.83. The van der Waals surface area contributed by atoms with Crippen LogP contribution in [0.1, 0.15) is 22.3 Å². The van der Waals surface area contributed by atoms with E-state index in [-0.39, 0.29) is 23.8 Å². The van der Waals surface area contributed by atoms with Gasteiger partial charge in [0.1, 0.15) is 11.6 Å². The zero-order valence-corrected chi connectivity index (χ0v) is 17.4. The summed E-state index contributed by atoms with van der Waals surface area (Å²) in [6.07, 6.45) is 0.851. The monoisotopic (exact) mass is 427 g/mol. The first kappa shape index (κ1) is 21.1. The van der Waals surface area contributed by atoms with Gasteiger partial charge < -0.3 is 25.4 Å². The molecule has 0 spiro atoms. The maximum atomic E-state index is 15.3. The summed E-state index contributed by atoms with van der Waals surface area (Å²) < 4.78 is 21.0. The van der Waals surface area contributed by atoms with Gasteiger partial charge in [-0.25, -0.2) is 4.39 Å². The number of hydrogen-bond acceptors (Lipinski definition) is 6. The highest BCUT2D eigenvalue weighted by Crippen LogP contribution is 2.47. The summed E-state index contributed by atoms with van der Waals surface area (Å²) in [5.41, 5.74) is 7.54. The summed E-state index contributed by atoms with van der Waals surface area (Å²) in [6.45, 7) is 2.12. The molecule has 4 rings (SSSR count). The van der Waals surface area contributed by atoms with Gasteiger partial charge in [0.2, 0.25) is 0 Å². The summed E-state index contributed by atoms with van der Waals surface area (Å²) in [5, 5.41) is 9.60. The van der Waals surface area contributed by atoms with Gasteiger partial charge in [-0.15, -0.1) is 0 Å². The Balaban J connectivity index is 1.85. The summed E-state index contributed by atoms with van der Waals surface area (Å²) in [6, 6.07) is 10.7. The third-order valence-electron chi connectivity index (χ3n) is 6.14. The Morgan fingerprint density at radius 2 is 2.00 bits per heavy atom. The number of fused-ring (bicyclic) bond motifs is 1. The van der Waals surface area contributed by atoms with Crippen molar-refractivity contribution in [3.63, 3.8) is 0 Å². The average Bonchev–Trinajstić information content (AvgIpc) is 3.24. The smallest absolute Gasteiger partial charge is 0.316 e. The number of hydrogen-bond donors (Lipinski definition) is 2. The van der Waals surface area contributed by atoms with Crippen molar-refractivity contribution in [1.29, 1.82) is 0 Å². The second-order valence-corrected chi connectivity index (χ2v) is 8.09. The van der Waals surface area contributed by atoms with Crippen LogP contribution in [0.4, 0.5) is 15.8 Å². The van der Waals surface area contributed by atoms with E-state index in [0.717, 1.165) is 12.0 Å². The molecule has 0 saturated carbocycles. The van der Waals surface area contributed by atoms with Crippen LogP contribution in [0.15, 0.2) is 36.4 Å². The lowest BCUT2D eigenvalue weighted by Gasteiger charge is -2.36. The molecule has 0 bridgehead atoms. The Labute approximate surface area is 180 Å². The molecule has 31 heavy (non-hydrogen) atoms. The number of anilines is 2. The van der Waals surface area contributed by atoms with Gasteiger partial charge in [0, 0.05) is 31.7 Å². The molecule has 0 aliphatic carbocycles. The first-order chi connectivity index (χ1) is 14.9. The van der Waals surface area contributed by atoms with Crippen LogP contribution in [-0.4, -0.2) is 50.1 Å². The number of carboxylic acid groups (broad SMARTS) is 1. The van der Waals surface area contributed by atoms with E-state index < -0.39 is 23.5 Å². The van der Waals surface area contributed by atoms with Crippen LogP contribution in [-0.2, 0) is 11.3 Å². The Bertz CT molecular complexity index is 998. The van der Waals surface area contributed by atoms with Crippen molar-refractivity contribution in [3.8, 4) is 5.75 Å². The van der Waals surface area contributed by atoms with Crippen LogP contribution in [0.2, 0.25) is 0 Å². The van der Waals surface area contributed by atoms with E-state index in [1.807, 2.05) is 40.1 Å². The zero-order valence-electron chi connectivity index (χ0n) is 17.4. The fourth-order valence-electron chi connectivity index (χ4n) is 4.54. The van der Waals surface area contributed by atoms with Crippen LogP contribution >= 0.6 is 0 Å². The number of halogens is 1. The van der Waals surface area contributed by atoms with Crippen LogP contribution < -0.4 is 20.3 Å². The fourth-order valence-corrected chi connectivity index (χ4v) is 4.54. The van der Waals surface area contributed by atoms with Gasteiger partial charge in [0.15, 0.2) is 17.3 Å². The number of ether oxygens (including phenoxy) is 1. The number of carbonyl (C=O) groups is 2. The molecule has 2 heterocycles. The van der Waals surface area contributed by atoms with Crippen molar-refractivity contribution < 1.29 is 23.8 Å². The molecule has 2 aliphatic rings. The average molecular weight is 427 g/mol. The van der Waals surface area contributed by atoms with Crippen molar-refractivity contribution in [3.05, 3.63) is 53.3 Å². The molecule has 2 atom stereocenters. The minimum Gasteiger partial charge on any atom is -0.492 e. The van der Waals surface area contributed by atoms with Crippen molar-refractivity contribution in [1.82, 2.24) is 0 Å². The highest BCUT2D eigenvalue weighted by molar-refractivity contribution is 6.14. The summed E-state index contributed by atoms with van der Waals surface area (Å²) in [4.78, 5) is 28.4. The molecule has 164 valence electrons. The van der Waals surface area contributed by atoms with E-state index in [9.17, 15) is 14.7 Å². The number of methoxy groups -OCH3 is 1. The molecule has 2 aromatic rings. The lowest BCUT2D eigenvalue weighted by Crippen LogP contribution is -2.43. The van der Waals surface area contributed by atoms with Gasteiger partial charge >= 0.3 is 5.97 Å². The Morgan fingerprint density at radius 1 is 1.26 bits per heavy atom. The lowest BCUT2D eigenvalue weighted by atomic mass is 9.89. The number of carbonyl (C=O) groups excluding carboxylic acids is 1. The summed E-state index contributed by atoms with van der Waals surface area (Å²) >= 11 is 0. The van der Waals surface area contributed by atoms with E-state index in [4.69, 9.17) is 10.5 Å². The van der Waals surface area contributed by atoms with Gasteiger partial charge in [-0.1, -0.05) is 30.3 Å². The molecule has 0 amide bonds. The molecule has 7 nitrogen and oxygen atoms in total. The highest BCUT2D eigenvalue weighted by atomic mass is 19.1. The second kappa shape index (κ2) is 8.55. The number of benzene rings is 2. The van der Waals surface area contributed by atoms with Crippen LogP contribution in [0, 0.1) is 17.7 Å². The van der Waals surface area contributed by atoms with Gasteiger partial charge in [-0.3, -0.25) is 9.59 Å². The molecule has 1 fully saturated rings. The number of Topliss-reactive ketones (excluding diaryl/α,β-unsaturated/α-hetero) is 1. The number of nitrogens with zero attached hydrogens (tertiary/aromatic N) is 2. The maximum Gasteiger partial charge on any atom is 0.316 e. The van der Waals surface area contributed by atoms with E-state index in [0.29, 0.717) is 37.6 Å². The molecule has 2 aromatic carbocycles. The Hall–Kier alpha value is -3.13. The Kier molecular flexibility index (Phi) is 5.82. The molecule has 2 aliphatic heterocycles. The predicted octanol–water partition coefficient (Wildman–Crippen LogP) is 2.52. The quantitative estimate of drug-likeness (QED) is 0.684. The van der Waals surface area contributed by atoms with E-state index in [1.54, 1.807) is 0 Å². The third-order valence-corrected chi connectivity index (χ3v) is 6.14. The second-order valence-electron chi connectivity index (χ2n) is 8.09. The summed E-state index contributed by atoms with van der Waals surface area (Å²) in [5.74, 6) is -3.15. The van der Waals surface area contributed by atoms with Gasteiger partial charge in [-0.05, 0) is 30.5 Å². The SMILES string of the molecule is COc1c(N2CC[C@@H](CN)C2)c(F)cc2c1N(Cc1ccccc1)CC(C(=O)O)C2=O.